The second-order valence-corrected chi connectivity index (χ2v) is 2.71. The Morgan fingerprint density at radius 1 is 1.18 bits per heavy atom. The molecule has 0 saturated carbocycles. The zero-order chi connectivity index (χ0) is 8.27. The zero-order valence-electron chi connectivity index (χ0n) is 6.89. The van der Waals surface area contributed by atoms with Crippen molar-refractivity contribution in [2.24, 2.45) is 0 Å². The van der Waals surface area contributed by atoms with Gasteiger partial charge in [0.05, 0.1) is 0 Å². The monoisotopic (exact) mass is 151 g/mol. The lowest BCUT2D eigenvalue weighted by Gasteiger charge is -2.04. The van der Waals surface area contributed by atoms with Crippen molar-refractivity contribution in [3.63, 3.8) is 0 Å². The van der Waals surface area contributed by atoms with Crippen molar-refractivity contribution in [2.45, 2.75) is 13.8 Å². The predicted octanol–water partition coefficient (Wildman–Crippen LogP) is 1.67. The molecule has 0 atom stereocenters. The molecule has 0 fully saturated rings. The Morgan fingerprint density at radius 2 is 1.73 bits per heavy atom. The SMILES string of the molecule is Cc1cc(C)cc(NCO)c1. The molecule has 1 rings (SSSR count). The normalized spacial score (nSPS) is 9.73. The van der Waals surface area contributed by atoms with E-state index in [9.17, 15) is 0 Å². The van der Waals surface area contributed by atoms with E-state index in [0.29, 0.717) is 0 Å². The Kier molecular flexibility index (Phi) is 2.49. The molecular weight excluding hydrogens is 138 g/mol. The summed E-state index contributed by atoms with van der Waals surface area (Å²) in [6.07, 6.45) is 0. The average molecular weight is 151 g/mol. The molecule has 60 valence electrons. The van der Waals surface area contributed by atoms with Gasteiger partial charge in [0.1, 0.15) is 6.73 Å². The average Bonchev–Trinajstić information content (AvgIpc) is 1.85. The highest BCUT2D eigenvalue weighted by Crippen LogP contribution is 2.12. The van der Waals surface area contributed by atoms with Crippen molar-refractivity contribution < 1.29 is 5.11 Å². The minimum Gasteiger partial charge on any atom is -0.377 e. The molecule has 1 aromatic carbocycles. The molecule has 0 aromatic heterocycles. The molecular formula is C9H13NO. The molecule has 0 spiro atoms. The minimum absolute atomic E-state index is 0.0110. The van der Waals surface area contributed by atoms with Crippen molar-refractivity contribution in [3.05, 3.63) is 29.3 Å². The molecule has 0 saturated heterocycles. The first-order chi connectivity index (χ1) is 5.22. The van der Waals surface area contributed by atoms with Crippen LogP contribution in [0.1, 0.15) is 11.1 Å². The minimum atomic E-state index is -0.0110. The molecule has 0 aliphatic carbocycles. The third kappa shape index (κ3) is 2.24. The van der Waals surface area contributed by atoms with E-state index >= 15 is 0 Å². The fourth-order valence-corrected chi connectivity index (χ4v) is 1.17. The van der Waals surface area contributed by atoms with Crippen molar-refractivity contribution in [2.75, 3.05) is 12.0 Å². The van der Waals surface area contributed by atoms with Crippen LogP contribution >= 0.6 is 0 Å². The van der Waals surface area contributed by atoms with Crippen LogP contribution in [0, 0.1) is 13.8 Å². The predicted molar refractivity (Wildman–Crippen MR) is 46.6 cm³/mol. The number of aliphatic hydroxyl groups is 1. The molecule has 2 N–H and O–H groups in total. The van der Waals surface area contributed by atoms with Crippen LogP contribution in [0.5, 0.6) is 0 Å². The van der Waals surface area contributed by atoms with E-state index in [0.717, 1.165) is 5.69 Å². The Bertz CT molecular complexity index is 225. The molecule has 0 bridgehead atoms. The van der Waals surface area contributed by atoms with E-state index in [1.165, 1.54) is 11.1 Å². The highest BCUT2D eigenvalue weighted by molar-refractivity contribution is 5.47. The summed E-state index contributed by atoms with van der Waals surface area (Å²) in [6, 6.07) is 6.11. The molecule has 11 heavy (non-hydrogen) atoms. The summed E-state index contributed by atoms with van der Waals surface area (Å²) in [6.45, 7) is 4.06. The van der Waals surface area contributed by atoms with Crippen molar-refractivity contribution >= 4 is 5.69 Å². The zero-order valence-corrected chi connectivity index (χ0v) is 6.89. The van der Waals surface area contributed by atoms with E-state index in [1.54, 1.807) is 0 Å². The largest absolute Gasteiger partial charge is 0.377 e. The highest BCUT2D eigenvalue weighted by atomic mass is 16.3. The number of nitrogens with one attached hydrogen (secondary N) is 1. The van der Waals surface area contributed by atoms with Crippen molar-refractivity contribution in [3.8, 4) is 0 Å². The fraction of sp³-hybridized carbons (Fsp3) is 0.333. The lowest BCUT2D eigenvalue weighted by molar-refractivity contribution is 0.325. The maximum absolute atomic E-state index is 8.59. The van der Waals surface area contributed by atoms with Crippen molar-refractivity contribution in [1.29, 1.82) is 0 Å². The Hall–Kier alpha value is -1.02. The number of rotatable bonds is 2. The quantitative estimate of drug-likeness (QED) is 0.630. The molecule has 1 aromatic rings. The number of hydrogen-bond donors (Lipinski definition) is 2. The van der Waals surface area contributed by atoms with Gasteiger partial charge >= 0.3 is 0 Å². The topological polar surface area (TPSA) is 32.3 Å². The summed E-state index contributed by atoms with van der Waals surface area (Å²) < 4.78 is 0. The molecule has 0 unspecified atom stereocenters. The third-order valence-electron chi connectivity index (χ3n) is 1.50. The summed E-state index contributed by atoms with van der Waals surface area (Å²) >= 11 is 0. The van der Waals surface area contributed by atoms with Gasteiger partial charge in [-0.05, 0) is 37.1 Å². The van der Waals surface area contributed by atoms with Crippen LogP contribution in [-0.4, -0.2) is 11.8 Å². The van der Waals surface area contributed by atoms with Crippen LogP contribution in [0.2, 0.25) is 0 Å². The first kappa shape index (κ1) is 8.08. The Morgan fingerprint density at radius 3 is 2.18 bits per heavy atom. The third-order valence-corrected chi connectivity index (χ3v) is 1.50. The lowest BCUT2D eigenvalue weighted by atomic mass is 10.1. The summed E-state index contributed by atoms with van der Waals surface area (Å²) in [5.74, 6) is 0. The fourth-order valence-electron chi connectivity index (χ4n) is 1.17. The van der Waals surface area contributed by atoms with Gasteiger partial charge in [-0.25, -0.2) is 0 Å². The number of aryl methyl sites for hydroxylation is 2. The van der Waals surface area contributed by atoms with Crippen LogP contribution in [0.25, 0.3) is 0 Å². The van der Waals surface area contributed by atoms with E-state index in [-0.39, 0.29) is 6.73 Å². The summed E-state index contributed by atoms with van der Waals surface area (Å²) in [5.41, 5.74) is 3.40. The van der Waals surface area contributed by atoms with E-state index < -0.39 is 0 Å². The first-order valence-electron chi connectivity index (χ1n) is 3.65. The summed E-state index contributed by atoms with van der Waals surface area (Å²) in [5, 5.41) is 11.4. The van der Waals surface area contributed by atoms with Crippen molar-refractivity contribution in [1.82, 2.24) is 0 Å². The molecule has 0 heterocycles. The van der Waals surface area contributed by atoms with Crippen LogP contribution in [-0.2, 0) is 0 Å². The molecule has 0 aliphatic heterocycles. The van der Waals surface area contributed by atoms with Gasteiger partial charge in [-0.3, -0.25) is 0 Å². The van der Waals surface area contributed by atoms with Crippen LogP contribution < -0.4 is 5.32 Å². The molecule has 2 nitrogen and oxygen atoms in total. The lowest BCUT2D eigenvalue weighted by Crippen LogP contribution is -1.99. The Labute approximate surface area is 66.9 Å². The number of anilines is 1. The van der Waals surface area contributed by atoms with Crippen LogP contribution in [0.15, 0.2) is 18.2 Å². The van der Waals surface area contributed by atoms with Gasteiger partial charge in [-0.15, -0.1) is 0 Å². The molecule has 2 heteroatoms. The van der Waals surface area contributed by atoms with Crippen LogP contribution in [0.4, 0.5) is 5.69 Å². The number of aliphatic hydroxyl groups excluding tert-OH is 1. The van der Waals surface area contributed by atoms with E-state index in [1.807, 2.05) is 26.0 Å². The van der Waals surface area contributed by atoms with Gasteiger partial charge in [0.15, 0.2) is 0 Å². The number of benzene rings is 1. The van der Waals surface area contributed by atoms with Gasteiger partial charge in [-0.2, -0.15) is 0 Å². The Balaban J connectivity index is 2.89. The maximum atomic E-state index is 8.59. The molecule has 0 aliphatic rings. The standard InChI is InChI=1S/C9H13NO/c1-7-3-8(2)5-9(4-7)10-6-11/h3-5,10-11H,6H2,1-2H3. The summed E-state index contributed by atoms with van der Waals surface area (Å²) in [7, 11) is 0. The van der Waals surface area contributed by atoms with E-state index in [4.69, 9.17) is 5.11 Å². The van der Waals surface area contributed by atoms with Gasteiger partial charge < -0.3 is 10.4 Å². The summed E-state index contributed by atoms with van der Waals surface area (Å²) in [4.78, 5) is 0. The van der Waals surface area contributed by atoms with E-state index in [2.05, 4.69) is 11.4 Å². The second-order valence-electron chi connectivity index (χ2n) is 2.71. The first-order valence-corrected chi connectivity index (χ1v) is 3.65. The molecule has 0 amide bonds. The maximum Gasteiger partial charge on any atom is 0.113 e. The highest BCUT2D eigenvalue weighted by Gasteiger charge is 1.92. The van der Waals surface area contributed by atoms with Gasteiger partial charge in [0.2, 0.25) is 0 Å². The number of hydrogen-bond acceptors (Lipinski definition) is 2. The van der Waals surface area contributed by atoms with Gasteiger partial charge in [0.25, 0.3) is 0 Å². The smallest absolute Gasteiger partial charge is 0.113 e. The van der Waals surface area contributed by atoms with Crippen LogP contribution in [0.3, 0.4) is 0 Å². The van der Waals surface area contributed by atoms with Gasteiger partial charge in [0, 0.05) is 5.69 Å². The van der Waals surface area contributed by atoms with Gasteiger partial charge in [-0.1, -0.05) is 6.07 Å². The molecule has 0 radical (unpaired) electrons. The second kappa shape index (κ2) is 3.39.